The number of rotatable bonds is 5. The van der Waals surface area contributed by atoms with Crippen LogP contribution in [-0.4, -0.2) is 44.4 Å². The Labute approximate surface area is 110 Å². The zero-order chi connectivity index (χ0) is 13.7. The second-order valence-electron chi connectivity index (χ2n) is 4.40. The van der Waals surface area contributed by atoms with Gasteiger partial charge in [0.25, 0.3) is 0 Å². The van der Waals surface area contributed by atoms with E-state index in [1.54, 1.807) is 12.1 Å². The van der Waals surface area contributed by atoms with E-state index in [0.717, 1.165) is 31.7 Å². The summed E-state index contributed by atoms with van der Waals surface area (Å²) < 4.78 is 41.6. The topological polar surface area (TPSA) is 24.5 Å². The normalized spacial score (nSPS) is 18.5. The van der Waals surface area contributed by atoms with E-state index >= 15 is 0 Å². The van der Waals surface area contributed by atoms with Gasteiger partial charge in [0.1, 0.15) is 12.4 Å². The highest BCUT2D eigenvalue weighted by Crippen LogP contribution is 2.24. The first-order valence-corrected chi connectivity index (χ1v) is 6.26. The molecule has 0 bridgehead atoms. The van der Waals surface area contributed by atoms with Gasteiger partial charge in [-0.3, -0.25) is 4.90 Å². The molecule has 1 N–H and O–H groups in total. The van der Waals surface area contributed by atoms with Crippen LogP contribution in [0.15, 0.2) is 24.3 Å². The van der Waals surface area contributed by atoms with E-state index in [2.05, 4.69) is 15.0 Å². The van der Waals surface area contributed by atoms with Gasteiger partial charge < -0.3 is 10.1 Å². The van der Waals surface area contributed by atoms with Crippen LogP contribution in [0.1, 0.15) is 11.6 Å². The van der Waals surface area contributed by atoms with Crippen LogP contribution in [0.4, 0.5) is 13.2 Å². The Kier molecular flexibility index (Phi) is 5.04. The van der Waals surface area contributed by atoms with Crippen molar-refractivity contribution >= 4 is 0 Å². The molecule has 1 fully saturated rings. The fourth-order valence-electron chi connectivity index (χ4n) is 2.26. The highest BCUT2D eigenvalue weighted by atomic mass is 19.3. The summed E-state index contributed by atoms with van der Waals surface area (Å²) in [5, 5.41) is 3.21. The average molecular weight is 274 g/mol. The van der Waals surface area contributed by atoms with E-state index in [-0.39, 0.29) is 11.8 Å². The lowest BCUT2D eigenvalue weighted by Crippen LogP contribution is -2.45. The van der Waals surface area contributed by atoms with Gasteiger partial charge in [0.2, 0.25) is 0 Å². The molecule has 1 saturated heterocycles. The zero-order valence-electron chi connectivity index (χ0n) is 10.5. The third kappa shape index (κ3) is 3.84. The van der Waals surface area contributed by atoms with E-state index < -0.39 is 13.3 Å². The summed E-state index contributed by atoms with van der Waals surface area (Å²) in [5.74, 6) is 0.0941. The second-order valence-corrected chi connectivity index (χ2v) is 4.40. The Bertz CT molecular complexity index is 380. The molecule has 0 unspecified atom stereocenters. The number of nitrogens with zero attached hydrogens (tertiary/aromatic N) is 1. The van der Waals surface area contributed by atoms with Crippen molar-refractivity contribution < 1.29 is 17.9 Å². The minimum Gasteiger partial charge on any atom is -0.435 e. The van der Waals surface area contributed by atoms with Gasteiger partial charge in [-0.1, -0.05) is 12.1 Å². The third-order valence-electron chi connectivity index (χ3n) is 3.23. The molecule has 1 aliphatic heterocycles. The fourth-order valence-corrected chi connectivity index (χ4v) is 2.26. The fraction of sp³-hybridized carbons (Fsp3) is 0.538. The van der Waals surface area contributed by atoms with Crippen LogP contribution in [0.2, 0.25) is 0 Å². The molecular weight excluding hydrogens is 257 g/mol. The summed E-state index contributed by atoms with van der Waals surface area (Å²) in [6, 6.07) is 5.87. The maximum atomic E-state index is 13.2. The molecule has 0 aromatic heterocycles. The van der Waals surface area contributed by atoms with Gasteiger partial charge in [0.15, 0.2) is 0 Å². The molecule has 6 heteroatoms. The molecule has 19 heavy (non-hydrogen) atoms. The van der Waals surface area contributed by atoms with Gasteiger partial charge in [0, 0.05) is 26.2 Å². The number of piperazine rings is 1. The van der Waals surface area contributed by atoms with Crippen LogP contribution in [0.3, 0.4) is 0 Å². The van der Waals surface area contributed by atoms with Crippen molar-refractivity contribution in [2.75, 3.05) is 32.9 Å². The highest BCUT2D eigenvalue weighted by molar-refractivity contribution is 5.29. The van der Waals surface area contributed by atoms with Crippen LogP contribution in [0, 0.1) is 0 Å². The van der Waals surface area contributed by atoms with Crippen molar-refractivity contribution in [2.45, 2.75) is 12.7 Å². The average Bonchev–Trinajstić information content (AvgIpc) is 2.42. The molecule has 3 nitrogen and oxygen atoms in total. The quantitative estimate of drug-likeness (QED) is 0.891. The van der Waals surface area contributed by atoms with Crippen LogP contribution in [0.25, 0.3) is 0 Å². The molecule has 0 saturated carbocycles. The van der Waals surface area contributed by atoms with Crippen LogP contribution in [0.5, 0.6) is 5.75 Å². The van der Waals surface area contributed by atoms with Crippen molar-refractivity contribution in [3.63, 3.8) is 0 Å². The van der Waals surface area contributed by atoms with Crippen molar-refractivity contribution in [2.24, 2.45) is 0 Å². The van der Waals surface area contributed by atoms with E-state index in [0.29, 0.717) is 0 Å². The summed E-state index contributed by atoms with van der Waals surface area (Å²) >= 11 is 0. The third-order valence-corrected chi connectivity index (χ3v) is 3.23. The van der Waals surface area contributed by atoms with Crippen molar-refractivity contribution in [1.29, 1.82) is 0 Å². The highest BCUT2D eigenvalue weighted by Gasteiger charge is 2.22. The molecule has 1 aromatic carbocycles. The van der Waals surface area contributed by atoms with Gasteiger partial charge in [-0.15, -0.1) is 0 Å². The predicted octanol–water partition coefficient (Wildman–Crippen LogP) is 2.20. The largest absolute Gasteiger partial charge is 0.435 e. The molecule has 1 aromatic rings. The van der Waals surface area contributed by atoms with Gasteiger partial charge in [-0.2, -0.15) is 8.78 Å². The second kappa shape index (κ2) is 6.77. The Morgan fingerprint density at radius 3 is 2.32 bits per heavy atom. The summed E-state index contributed by atoms with van der Waals surface area (Å²) in [6.07, 6.45) is 0. The smallest absolute Gasteiger partial charge is 0.387 e. The van der Waals surface area contributed by atoms with E-state index in [9.17, 15) is 13.2 Å². The minimum atomic E-state index is -2.84. The number of hydrogen-bond donors (Lipinski definition) is 1. The van der Waals surface area contributed by atoms with E-state index in [1.807, 2.05) is 0 Å². The van der Waals surface area contributed by atoms with Gasteiger partial charge >= 0.3 is 6.61 Å². The Balaban J connectivity index is 2.05. The zero-order valence-corrected chi connectivity index (χ0v) is 10.5. The minimum absolute atomic E-state index is 0.0941. The molecule has 1 heterocycles. The molecule has 0 radical (unpaired) electrons. The summed E-state index contributed by atoms with van der Waals surface area (Å²) in [4.78, 5) is 2.06. The first-order chi connectivity index (χ1) is 9.20. The number of benzene rings is 1. The predicted molar refractivity (Wildman–Crippen MR) is 66.2 cm³/mol. The van der Waals surface area contributed by atoms with Crippen LogP contribution >= 0.6 is 0 Å². The lowest BCUT2D eigenvalue weighted by molar-refractivity contribution is -0.0498. The number of ether oxygens (including phenoxy) is 1. The van der Waals surface area contributed by atoms with Gasteiger partial charge in [-0.05, 0) is 17.7 Å². The van der Waals surface area contributed by atoms with E-state index in [1.165, 1.54) is 12.1 Å². The first-order valence-electron chi connectivity index (χ1n) is 6.26. The van der Waals surface area contributed by atoms with Crippen molar-refractivity contribution in [1.82, 2.24) is 10.2 Å². The van der Waals surface area contributed by atoms with Gasteiger partial charge in [-0.25, -0.2) is 4.39 Å². The van der Waals surface area contributed by atoms with Crippen LogP contribution < -0.4 is 10.1 Å². The monoisotopic (exact) mass is 274 g/mol. The maximum Gasteiger partial charge on any atom is 0.387 e. The Morgan fingerprint density at radius 1 is 1.16 bits per heavy atom. The molecule has 0 aliphatic carbocycles. The molecular formula is C13H17F3N2O. The lowest BCUT2D eigenvalue weighted by Gasteiger charge is -2.33. The summed E-state index contributed by atoms with van der Waals surface area (Å²) in [5.41, 5.74) is 0.783. The SMILES string of the molecule is FC[C@@H](c1ccc(OC(F)F)cc1)N1CCNCC1. The Hall–Kier alpha value is -1.27. The summed E-state index contributed by atoms with van der Waals surface area (Å²) in [7, 11) is 0. The number of halogens is 3. The molecule has 0 amide bonds. The maximum absolute atomic E-state index is 13.2. The van der Waals surface area contributed by atoms with Gasteiger partial charge in [0.05, 0.1) is 6.04 Å². The molecule has 106 valence electrons. The van der Waals surface area contributed by atoms with Crippen molar-refractivity contribution in [3.05, 3.63) is 29.8 Å². The first kappa shape index (κ1) is 14.1. The summed E-state index contributed by atoms with van der Waals surface area (Å²) in [6.45, 7) is -0.0921. The number of alkyl halides is 3. The Morgan fingerprint density at radius 2 is 1.79 bits per heavy atom. The molecule has 1 aliphatic rings. The molecule has 2 rings (SSSR count). The number of nitrogens with one attached hydrogen (secondary N) is 1. The van der Waals surface area contributed by atoms with Crippen LogP contribution in [-0.2, 0) is 0 Å². The molecule has 1 atom stereocenters. The van der Waals surface area contributed by atoms with Crippen molar-refractivity contribution in [3.8, 4) is 5.75 Å². The lowest BCUT2D eigenvalue weighted by atomic mass is 10.1. The standard InChI is InChI=1S/C13H17F3N2O/c14-9-12(18-7-5-17-6-8-18)10-1-3-11(4-2-10)19-13(15)16/h1-4,12-13,17H,5-9H2/t12-/m0/s1. The molecule has 0 spiro atoms. The number of hydrogen-bond acceptors (Lipinski definition) is 3. The van der Waals surface area contributed by atoms with E-state index in [4.69, 9.17) is 0 Å².